The molecule has 1 aliphatic rings. The van der Waals surface area contributed by atoms with E-state index in [-0.39, 0.29) is 33.6 Å². The fourth-order valence-electron chi connectivity index (χ4n) is 3.50. The SMILES string of the molecule is CN1CCN(Cc2c(O)cc(O)c3c(=O)cc(-c4ccc(O)cc4)oc23)CC1. The van der Waals surface area contributed by atoms with Crippen molar-refractivity contribution in [3.8, 4) is 28.6 Å². The summed E-state index contributed by atoms with van der Waals surface area (Å²) in [7, 11) is 2.06. The molecule has 1 saturated heterocycles. The lowest BCUT2D eigenvalue weighted by atomic mass is 10.1. The number of aromatic hydroxyl groups is 3. The first-order chi connectivity index (χ1) is 13.4. The minimum absolute atomic E-state index is 0.0597. The smallest absolute Gasteiger partial charge is 0.197 e. The molecular formula is C21H22N2O5. The van der Waals surface area contributed by atoms with Crippen LogP contribution in [0.1, 0.15) is 5.56 Å². The molecule has 0 amide bonds. The highest BCUT2D eigenvalue weighted by Gasteiger charge is 2.22. The molecule has 2 aromatic carbocycles. The largest absolute Gasteiger partial charge is 0.508 e. The number of benzene rings is 2. The van der Waals surface area contributed by atoms with Gasteiger partial charge in [0.2, 0.25) is 0 Å². The summed E-state index contributed by atoms with van der Waals surface area (Å²) in [5, 5.41) is 30.2. The van der Waals surface area contributed by atoms with E-state index in [1.807, 2.05) is 0 Å². The average Bonchev–Trinajstić information content (AvgIpc) is 2.66. The lowest BCUT2D eigenvalue weighted by molar-refractivity contribution is 0.147. The van der Waals surface area contributed by atoms with E-state index in [9.17, 15) is 20.1 Å². The molecule has 1 aliphatic heterocycles. The van der Waals surface area contributed by atoms with Crippen LogP contribution in [-0.2, 0) is 6.54 Å². The fraction of sp³-hybridized carbons (Fsp3) is 0.286. The Bertz CT molecular complexity index is 1070. The van der Waals surface area contributed by atoms with Crippen LogP contribution in [0.3, 0.4) is 0 Å². The van der Waals surface area contributed by atoms with Crippen molar-refractivity contribution in [2.45, 2.75) is 6.54 Å². The Hall–Kier alpha value is -3.03. The van der Waals surface area contributed by atoms with Crippen molar-refractivity contribution in [2.75, 3.05) is 33.2 Å². The third-order valence-corrected chi connectivity index (χ3v) is 5.19. The molecule has 4 rings (SSSR count). The number of piperazine rings is 1. The van der Waals surface area contributed by atoms with E-state index in [0.29, 0.717) is 23.4 Å². The maximum absolute atomic E-state index is 12.7. The van der Waals surface area contributed by atoms with Gasteiger partial charge in [0.15, 0.2) is 11.0 Å². The van der Waals surface area contributed by atoms with Gasteiger partial charge in [0.1, 0.15) is 28.4 Å². The molecule has 0 saturated carbocycles. The highest BCUT2D eigenvalue weighted by molar-refractivity contribution is 5.89. The van der Waals surface area contributed by atoms with E-state index in [2.05, 4.69) is 16.8 Å². The zero-order valence-electron chi connectivity index (χ0n) is 15.6. The van der Waals surface area contributed by atoms with E-state index < -0.39 is 0 Å². The zero-order chi connectivity index (χ0) is 19.8. The number of phenols is 3. The van der Waals surface area contributed by atoms with Gasteiger partial charge in [0.05, 0.1) is 5.56 Å². The van der Waals surface area contributed by atoms with Crippen LogP contribution in [0.4, 0.5) is 0 Å². The van der Waals surface area contributed by atoms with Crippen LogP contribution in [0.2, 0.25) is 0 Å². The van der Waals surface area contributed by atoms with Crippen molar-refractivity contribution >= 4 is 11.0 Å². The lowest BCUT2D eigenvalue weighted by Crippen LogP contribution is -2.43. The van der Waals surface area contributed by atoms with Crippen molar-refractivity contribution < 1.29 is 19.7 Å². The van der Waals surface area contributed by atoms with Gasteiger partial charge in [-0.3, -0.25) is 9.69 Å². The van der Waals surface area contributed by atoms with E-state index in [1.54, 1.807) is 12.1 Å². The van der Waals surface area contributed by atoms with E-state index >= 15 is 0 Å². The summed E-state index contributed by atoms with van der Waals surface area (Å²) in [5.41, 5.74) is 0.897. The van der Waals surface area contributed by atoms with Gasteiger partial charge in [-0.15, -0.1) is 0 Å². The second-order valence-electron chi connectivity index (χ2n) is 7.20. The van der Waals surface area contributed by atoms with Crippen molar-refractivity contribution in [3.05, 3.63) is 52.2 Å². The van der Waals surface area contributed by atoms with Crippen LogP contribution < -0.4 is 5.43 Å². The second-order valence-corrected chi connectivity index (χ2v) is 7.20. The van der Waals surface area contributed by atoms with Crippen LogP contribution in [0.15, 0.2) is 45.6 Å². The molecule has 1 fully saturated rings. The monoisotopic (exact) mass is 382 g/mol. The fourth-order valence-corrected chi connectivity index (χ4v) is 3.50. The maximum Gasteiger partial charge on any atom is 0.197 e. The lowest BCUT2D eigenvalue weighted by Gasteiger charge is -2.32. The standard InChI is InChI=1S/C21H22N2O5/c1-22-6-8-23(9-7-22)12-15-16(25)10-17(26)20-18(27)11-19(28-21(15)20)13-2-4-14(24)5-3-13/h2-5,10-11,24-26H,6-9,12H2,1H3. The summed E-state index contributed by atoms with van der Waals surface area (Å²) < 4.78 is 5.99. The molecule has 0 atom stereocenters. The van der Waals surface area contributed by atoms with Crippen LogP contribution in [0.5, 0.6) is 17.2 Å². The predicted octanol–water partition coefficient (Wildman–Crippen LogP) is 2.32. The summed E-state index contributed by atoms with van der Waals surface area (Å²) in [4.78, 5) is 17.1. The van der Waals surface area contributed by atoms with Gasteiger partial charge in [-0.05, 0) is 31.3 Å². The molecule has 3 aromatic rings. The molecule has 2 heterocycles. The van der Waals surface area contributed by atoms with Crippen LogP contribution in [0.25, 0.3) is 22.3 Å². The predicted molar refractivity (Wildman–Crippen MR) is 106 cm³/mol. The Morgan fingerprint density at radius 1 is 0.964 bits per heavy atom. The number of nitrogens with zero attached hydrogens (tertiary/aromatic N) is 2. The normalized spacial score (nSPS) is 15.9. The first kappa shape index (κ1) is 18.3. The quantitative estimate of drug-likeness (QED) is 0.640. The Morgan fingerprint density at radius 3 is 2.32 bits per heavy atom. The molecule has 0 aliphatic carbocycles. The molecule has 28 heavy (non-hydrogen) atoms. The molecule has 7 heteroatoms. The van der Waals surface area contributed by atoms with Crippen molar-refractivity contribution in [1.29, 1.82) is 0 Å². The first-order valence-electron chi connectivity index (χ1n) is 9.14. The molecule has 0 bridgehead atoms. The highest BCUT2D eigenvalue weighted by Crippen LogP contribution is 2.36. The minimum Gasteiger partial charge on any atom is -0.508 e. The van der Waals surface area contributed by atoms with E-state index in [0.717, 1.165) is 26.2 Å². The molecular weight excluding hydrogens is 360 g/mol. The Balaban J connectivity index is 1.84. The number of phenolic OH excluding ortho intramolecular Hbond substituents is 3. The van der Waals surface area contributed by atoms with E-state index in [4.69, 9.17) is 4.42 Å². The van der Waals surface area contributed by atoms with Gasteiger partial charge >= 0.3 is 0 Å². The Kier molecular flexibility index (Phi) is 4.70. The summed E-state index contributed by atoms with van der Waals surface area (Å²) in [6, 6.07) is 8.80. The summed E-state index contributed by atoms with van der Waals surface area (Å²) in [5.74, 6) is 0.00984. The van der Waals surface area contributed by atoms with Crippen molar-refractivity contribution in [2.24, 2.45) is 0 Å². The number of likely N-dealkylation sites (N-methyl/N-ethyl adjacent to an activating group) is 1. The molecule has 1 aromatic heterocycles. The van der Waals surface area contributed by atoms with Gasteiger partial charge in [-0.2, -0.15) is 0 Å². The Morgan fingerprint density at radius 2 is 1.64 bits per heavy atom. The van der Waals surface area contributed by atoms with Crippen LogP contribution >= 0.6 is 0 Å². The zero-order valence-corrected chi connectivity index (χ0v) is 15.6. The third-order valence-electron chi connectivity index (χ3n) is 5.19. The Labute approximate surface area is 161 Å². The van der Waals surface area contributed by atoms with Gasteiger partial charge in [-0.1, -0.05) is 0 Å². The third kappa shape index (κ3) is 3.42. The van der Waals surface area contributed by atoms with E-state index in [1.165, 1.54) is 24.3 Å². The average molecular weight is 382 g/mol. The van der Waals surface area contributed by atoms with Crippen LogP contribution in [-0.4, -0.2) is 58.3 Å². The second kappa shape index (κ2) is 7.18. The summed E-state index contributed by atoms with van der Waals surface area (Å²) in [6.45, 7) is 3.91. The maximum atomic E-state index is 12.7. The van der Waals surface area contributed by atoms with Crippen LogP contribution in [0, 0.1) is 0 Å². The molecule has 7 nitrogen and oxygen atoms in total. The topological polar surface area (TPSA) is 97.4 Å². The summed E-state index contributed by atoms with van der Waals surface area (Å²) in [6.07, 6.45) is 0. The molecule has 0 unspecified atom stereocenters. The number of rotatable bonds is 3. The van der Waals surface area contributed by atoms with Crippen molar-refractivity contribution in [3.63, 3.8) is 0 Å². The number of hydrogen-bond acceptors (Lipinski definition) is 7. The van der Waals surface area contributed by atoms with Gasteiger partial charge < -0.3 is 24.6 Å². The van der Waals surface area contributed by atoms with Gasteiger partial charge in [0, 0.05) is 50.4 Å². The minimum atomic E-state index is -0.388. The molecule has 3 N–H and O–H groups in total. The highest BCUT2D eigenvalue weighted by atomic mass is 16.3. The first-order valence-corrected chi connectivity index (χ1v) is 9.14. The van der Waals surface area contributed by atoms with Gasteiger partial charge in [-0.25, -0.2) is 0 Å². The van der Waals surface area contributed by atoms with Gasteiger partial charge in [0.25, 0.3) is 0 Å². The molecule has 0 radical (unpaired) electrons. The molecule has 146 valence electrons. The summed E-state index contributed by atoms with van der Waals surface area (Å²) >= 11 is 0. The number of fused-ring (bicyclic) bond motifs is 1. The number of hydrogen-bond donors (Lipinski definition) is 3. The van der Waals surface area contributed by atoms with Crippen molar-refractivity contribution in [1.82, 2.24) is 9.80 Å². The molecule has 0 spiro atoms.